The lowest BCUT2D eigenvalue weighted by atomic mass is 10.1. The predicted molar refractivity (Wildman–Crippen MR) is 60.9 cm³/mol. The maximum Gasteiger partial charge on any atom is 0.333 e. The molecule has 2 amide bonds. The number of nitrogens with zero attached hydrogens (tertiary/aromatic N) is 1. The van der Waals surface area contributed by atoms with E-state index in [1.807, 2.05) is 6.92 Å². The minimum absolute atomic E-state index is 0.153. The summed E-state index contributed by atoms with van der Waals surface area (Å²) in [5, 5.41) is 0. The van der Waals surface area contributed by atoms with Gasteiger partial charge in [0.1, 0.15) is 0 Å². The van der Waals surface area contributed by atoms with Crippen LogP contribution in [0.5, 0.6) is 0 Å². The first-order valence-corrected chi connectivity index (χ1v) is 5.62. The molecule has 0 radical (unpaired) electrons. The van der Waals surface area contributed by atoms with Crippen LogP contribution >= 0.6 is 0 Å². The first-order valence-electron chi connectivity index (χ1n) is 5.62. The van der Waals surface area contributed by atoms with Gasteiger partial charge in [-0.15, -0.1) is 0 Å². The largest absolute Gasteiger partial charge is 0.466 e. The van der Waals surface area contributed by atoms with Crippen LogP contribution in [0.25, 0.3) is 0 Å². The smallest absolute Gasteiger partial charge is 0.333 e. The molecule has 0 bridgehead atoms. The van der Waals surface area contributed by atoms with Gasteiger partial charge in [-0.2, -0.15) is 0 Å². The molecule has 0 spiro atoms. The summed E-state index contributed by atoms with van der Waals surface area (Å²) in [4.78, 5) is 35.6. The van der Waals surface area contributed by atoms with Crippen molar-refractivity contribution in [2.75, 3.05) is 13.7 Å². The van der Waals surface area contributed by atoms with E-state index in [0.29, 0.717) is 12.0 Å². The molecular weight excluding hydrogens is 222 g/mol. The number of carbonyl (C=O) groups is 3. The zero-order valence-electron chi connectivity index (χ0n) is 10.4. The van der Waals surface area contributed by atoms with Crippen molar-refractivity contribution in [3.63, 3.8) is 0 Å². The second-order valence-electron chi connectivity index (χ2n) is 4.02. The normalized spacial score (nSPS) is 21.0. The van der Waals surface area contributed by atoms with E-state index in [0.717, 1.165) is 0 Å². The quantitative estimate of drug-likeness (QED) is 0.415. The first-order chi connectivity index (χ1) is 8.01. The number of esters is 1. The van der Waals surface area contributed by atoms with Gasteiger partial charge in [-0.3, -0.25) is 14.5 Å². The Morgan fingerprint density at radius 1 is 1.53 bits per heavy atom. The number of methoxy groups -OCH3 is 1. The van der Waals surface area contributed by atoms with Crippen molar-refractivity contribution in [2.45, 2.75) is 26.7 Å². The third kappa shape index (κ3) is 2.93. The Bertz CT molecular complexity index is 373. The Kier molecular flexibility index (Phi) is 4.43. The fraction of sp³-hybridized carbons (Fsp3) is 0.583. The second-order valence-corrected chi connectivity index (χ2v) is 4.02. The summed E-state index contributed by atoms with van der Waals surface area (Å²) in [6.07, 6.45) is 2.35. The van der Waals surface area contributed by atoms with Gasteiger partial charge in [-0.05, 0) is 6.42 Å². The summed E-state index contributed by atoms with van der Waals surface area (Å²) in [6.45, 7) is 3.70. The number of amides is 2. The van der Waals surface area contributed by atoms with Gasteiger partial charge >= 0.3 is 5.97 Å². The number of rotatable bonds is 4. The molecule has 0 aromatic carbocycles. The van der Waals surface area contributed by atoms with Crippen molar-refractivity contribution in [3.05, 3.63) is 11.6 Å². The maximum atomic E-state index is 11.6. The molecule has 1 atom stereocenters. The lowest BCUT2D eigenvalue weighted by molar-refractivity contribution is -0.139. The van der Waals surface area contributed by atoms with Crippen LogP contribution in [0.2, 0.25) is 0 Å². The van der Waals surface area contributed by atoms with Crippen molar-refractivity contribution in [1.82, 2.24) is 4.90 Å². The Morgan fingerprint density at radius 2 is 2.18 bits per heavy atom. The van der Waals surface area contributed by atoms with E-state index in [4.69, 9.17) is 0 Å². The fourth-order valence-electron chi connectivity index (χ4n) is 1.74. The molecule has 0 aromatic rings. The molecule has 1 heterocycles. The number of hydrogen-bond acceptors (Lipinski definition) is 4. The molecule has 1 fully saturated rings. The molecule has 0 saturated carbocycles. The number of hydrogen-bond donors (Lipinski definition) is 0. The van der Waals surface area contributed by atoms with Gasteiger partial charge in [-0.25, -0.2) is 4.79 Å². The predicted octanol–water partition coefficient (Wildman–Crippen LogP) is 0.891. The number of carbonyl (C=O) groups excluding carboxylic acids is 3. The van der Waals surface area contributed by atoms with Gasteiger partial charge in [0.15, 0.2) is 0 Å². The Hall–Kier alpha value is -1.65. The van der Waals surface area contributed by atoms with Crippen LogP contribution in [0.1, 0.15) is 26.7 Å². The van der Waals surface area contributed by atoms with Gasteiger partial charge in [0.25, 0.3) is 0 Å². The molecule has 1 unspecified atom stereocenters. The summed E-state index contributed by atoms with van der Waals surface area (Å²) in [5.41, 5.74) is 0.479. The Morgan fingerprint density at radius 3 is 2.59 bits per heavy atom. The van der Waals surface area contributed by atoms with E-state index >= 15 is 0 Å². The fourth-order valence-corrected chi connectivity index (χ4v) is 1.74. The summed E-state index contributed by atoms with van der Waals surface area (Å²) < 4.78 is 4.60. The van der Waals surface area contributed by atoms with Crippen molar-refractivity contribution in [3.8, 4) is 0 Å². The SMILES string of the molecule is CCC(=CCN1C(=O)CC(C)C1=O)C(=O)OC. The lowest BCUT2D eigenvalue weighted by Crippen LogP contribution is -2.30. The molecule has 94 valence electrons. The monoisotopic (exact) mass is 239 g/mol. The summed E-state index contributed by atoms with van der Waals surface area (Å²) in [5.74, 6) is -1.02. The highest BCUT2D eigenvalue weighted by Gasteiger charge is 2.34. The van der Waals surface area contributed by atoms with E-state index < -0.39 is 5.97 Å². The highest BCUT2D eigenvalue weighted by molar-refractivity contribution is 6.03. The summed E-state index contributed by atoms with van der Waals surface area (Å²) in [6, 6.07) is 0. The van der Waals surface area contributed by atoms with Crippen LogP contribution in [0, 0.1) is 5.92 Å². The zero-order valence-corrected chi connectivity index (χ0v) is 10.4. The average molecular weight is 239 g/mol. The van der Waals surface area contributed by atoms with E-state index in [1.165, 1.54) is 12.0 Å². The minimum atomic E-state index is -0.417. The van der Waals surface area contributed by atoms with E-state index in [-0.39, 0.29) is 30.7 Å². The van der Waals surface area contributed by atoms with Crippen molar-refractivity contribution >= 4 is 17.8 Å². The van der Waals surface area contributed by atoms with Gasteiger partial charge in [0.05, 0.1) is 7.11 Å². The lowest BCUT2D eigenvalue weighted by Gasteiger charge is -2.12. The average Bonchev–Trinajstić information content (AvgIpc) is 2.55. The summed E-state index contributed by atoms with van der Waals surface area (Å²) >= 11 is 0. The van der Waals surface area contributed by atoms with Crippen LogP contribution in [-0.4, -0.2) is 36.3 Å². The number of ether oxygens (including phenoxy) is 1. The first kappa shape index (κ1) is 13.4. The van der Waals surface area contributed by atoms with Crippen LogP contribution in [0.3, 0.4) is 0 Å². The topological polar surface area (TPSA) is 63.7 Å². The molecule has 5 nitrogen and oxygen atoms in total. The number of likely N-dealkylation sites (tertiary alicyclic amines) is 1. The molecule has 1 aliphatic rings. The van der Waals surface area contributed by atoms with Crippen molar-refractivity contribution in [1.29, 1.82) is 0 Å². The van der Waals surface area contributed by atoms with Crippen molar-refractivity contribution in [2.24, 2.45) is 5.92 Å². The van der Waals surface area contributed by atoms with Crippen LogP contribution in [0.4, 0.5) is 0 Å². The van der Waals surface area contributed by atoms with Gasteiger partial charge in [-0.1, -0.05) is 19.9 Å². The number of imide groups is 1. The van der Waals surface area contributed by atoms with Gasteiger partial charge in [0.2, 0.25) is 11.8 Å². The molecule has 1 saturated heterocycles. The molecule has 1 rings (SSSR count). The second kappa shape index (κ2) is 5.61. The van der Waals surface area contributed by atoms with Gasteiger partial charge < -0.3 is 4.74 Å². The molecule has 5 heteroatoms. The third-order valence-corrected chi connectivity index (χ3v) is 2.82. The molecule has 0 aliphatic carbocycles. The molecular formula is C12H17NO4. The van der Waals surface area contributed by atoms with E-state index in [9.17, 15) is 14.4 Å². The Labute approximate surface area is 100 Å². The highest BCUT2D eigenvalue weighted by Crippen LogP contribution is 2.18. The zero-order chi connectivity index (χ0) is 13.0. The van der Waals surface area contributed by atoms with Crippen LogP contribution in [-0.2, 0) is 19.1 Å². The standard InChI is InChI=1S/C12H17NO4/c1-4-9(12(16)17-3)5-6-13-10(14)7-8(2)11(13)15/h5,8H,4,6-7H2,1-3H3. The van der Waals surface area contributed by atoms with E-state index in [2.05, 4.69) is 4.74 Å². The maximum absolute atomic E-state index is 11.6. The molecule has 0 aromatic heterocycles. The third-order valence-electron chi connectivity index (χ3n) is 2.82. The van der Waals surface area contributed by atoms with Crippen LogP contribution < -0.4 is 0 Å². The molecule has 0 N–H and O–H groups in total. The Balaban J connectivity index is 2.72. The summed E-state index contributed by atoms with van der Waals surface area (Å²) in [7, 11) is 1.31. The van der Waals surface area contributed by atoms with Gasteiger partial charge in [0, 0.05) is 24.5 Å². The van der Waals surface area contributed by atoms with E-state index in [1.54, 1.807) is 13.0 Å². The highest BCUT2D eigenvalue weighted by atomic mass is 16.5. The van der Waals surface area contributed by atoms with Crippen molar-refractivity contribution < 1.29 is 19.1 Å². The van der Waals surface area contributed by atoms with Crippen LogP contribution in [0.15, 0.2) is 11.6 Å². The molecule has 1 aliphatic heterocycles. The minimum Gasteiger partial charge on any atom is -0.466 e. The molecule has 17 heavy (non-hydrogen) atoms.